The number of rotatable bonds is 4. The van der Waals surface area contributed by atoms with Gasteiger partial charge in [0.2, 0.25) is 0 Å². The van der Waals surface area contributed by atoms with Crippen LogP contribution in [0.2, 0.25) is 0 Å². The third-order valence-corrected chi connectivity index (χ3v) is 4.71. The zero-order valence-corrected chi connectivity index (χ0v) is 12.9. The Kier molecular flexibility index (Phi) is 4.15. The third-order valence-electron chi connectivity index (χ3n) is 3.52. The molecule has 1 aliphatic carbocycles. The number of hydrogen-bond acceptors (Lipinski definition) is 5. The summed E-state index contributed by atoms with van der Waals surface area (Å²) < 4.78 is 0. The molecule has 1 heterocycles. The van der Waals surface area contributed by atoms with E-state index >= 15 is 0 Å². The summed E-state index contributed by atoms with van der Waals surface area (Å²) in [7, 11) is 0. The van der Waals surface area contributed by atoms with Crippen LogP contribution in [0.5, 0.6) is 0 Å². The number of thioether (sulfide) groups is 1. The standard InChI is InChI=1S/C17H14N2O2S/c1-11-15(20)13-4-2-3-5-14(13)16(21)17(11)22-9-6-12-10-18-7-8-19-12/h2-5,7-8,10H,6,9H2,1H3. The lowest BCUT2D eigenvalue weighted by molar-refractivity contribution is 0.0981. The number of hydrogen-bond donors (Lipinski definition) is 0. The molecule has 5 heteroatoms. The van der Waals surface area contributed by atoms with Crippen molar-refractivity contribution in [2.45, 2.75) is 13.3 Å². The fraction of sp³-hybridized carbons (Fsp3) is 0.176. The smallest absolute Gasteiger partial charge is 0.200 e. The van der Waals surface area contributed by atoms with Gasteiger partial charge in [-0.05, 0) is 6.92 Å². The summed E-state index contributed by atoms with van der Waals surface area (Å²) in [5, 5.41) is 0. The molecule has 0 saturated heterocycles. The second-order valence-electron chi connectivity index (χ2n) is 4.95. The van der Waals surface area contributed by atoms with Gasteiger partial charge in [0.15, 0.2) is 11.6 Å². The molecule has 22 heavy (non-hydrogen) atoms. The van der Waals surface area contributed by atoms with E-state index in [2.05, 4.69) is 9.97 Å². The van der Waals surface area contributed by atoms with Crippen LogP contribution in [0.25, 0.3) is 0 Å². The Morgan fingerprint density at radius 3 is 2.45 bits per heavy atom. The lowest BCUT2D eigenvalue weighted by atomic mass is 9.90. The molecule has 0 saturated carbocycles. The number of carbonyl (C=O) groups excluding carboxylic acids is 2. The first-order chi connectivity index (χ1) is 10.7. The van der Waals surface area contributed by atoms with Crippen LogP contribution in [0, 0.1) is 0 Å². The average molecular weight is 310 g/mol. The van der Waals surface area contributed by atoms with Crippen LogP contribution in [0.3, 0.4) is 0 Å². The lowest BCUT2D eigenvalue weighted by Gasteiger charge is -2.18. The molecule has 0 atom stereocenters. The molecule has 0 spiro atoms. The van der Waals surface area contributed by atoms with Crippen molar-refractivity contribution < 1.29 is 9.59 Å². The fourth-order valence-corrected chi connectivity index (χ4v) is 3.43. The minimum absolute atomic E-state index is 0.0581. The molecule has 0 N–H and O–H groups in total. The number of benzene rings is 1. The van der Waals surface area contributed by atoms with Gasteiger partial charge >= 0.3 is 0 Å². The highest BCUT2D eigenvalue weighted by molar-refractivity contribution is 8.04. The predicted octanol–water partition coefficient (Wildman–Crippen LogP) is 3.11. The molecule has 0 amide bonds. The maximum absolute atomic E-state index is 12.6. The molecular weight excluding hydrogens is 296 g/mol. The van der Waals surface area contributed by atoms with Crippen LogP contribution in [0.15, 0.2) is 53.3 Å². The van der Waals surface area contributed by atoms with Gasteiger partial charge in [-0.2, -0.15) is 0 Å². The van der Waals surface area contributed by atoms with Gasteiger partial charge in [0.25, 0.3) is 0 Å². The van der Waals surface area contributed by atoms with Crippen LogP contribution in [-0.4, -0.2) is 27.3 Å². The Hall–Kier alpha value is -2.27. The zero-order valence-electron chi connectivity index (χ0n) is 12.1. The first kappa shape index (κ1) is 14.7. The van der Waals surface area contributed by atoms with Gasteiger partial charge in [0, 0.05) is 47.5 Å². The molecule has 4 nitrogen and oxygen atoms in total. The SMILES string of the molecule is CC1=C(SCCc2cnccn2)C(=O)c2ccccc2C1=O. The van der Waals surface area contributed by atoms with Crippen molar-refractivity contribution in [1.82, 2.24) is 9.97 Å². The molecule has 0 radical (unpaired) electrons. The minimum atomic E-state index is -0.0585. The van der Waals surface area contributed by atoms with Crippen molar-refractivity contribution >= 4 is 23.3 Å². The topological polar surface area (TPSA) is 59.9 Å². The molecule has 0 unspecified atom stereocenters. The summed E-state index contributed by atoms with van der Waals surface area (Å²) in [5.74, 6) is 0.570. The molecule has 3 rings (SSSR count). The molecule has 2 aromatic rings. The highest BCUT2D eigenvalue weighted by Crippen LogP contribution is 2.32. The largest absolute Gasteiger partial charge is 0.289 e. The van der Waals surface area contributed by atoms with E-state index in [4.69, 9.17) is 0 Å². The normalized spacial score (nSPS) is 14.2. The number of nitrogens with zero attached hydrogens (tertiary/aromatic N) is 2. The van der Waals surface area contributed by atoms with Crippen LogP contribution in [0.1, 0.15) is 33.3 Å². The van der Waals surface area contributed by atoms with Gasteiger partial charge in [0.1, 0.15) is 0 Å². The molecule has 1 aromatic carbocycles. The van der Waals surface area contributed by atoms with Crippen LogP contribution in [-0.2, 0) is 6.42 Å². The zero-order chi connectivity index (χ0) is 15.5. The number of aryl methyl sites for hydroxylation is 1. The van der Waals surface area contributed by atoms with Gasteiger partial charge < -0.3 is 0 Å². The Morgan fingerprint density at radius 1 is 1.05 bits per heavy atom. The Bertz CT molecular complexity index is 769. The van der Waals surface area contributed by atoms with Gasteiger partial charge in [0.05, 0.1) is 10.6 Å². The molecule has 0 aliphatic heterocycles. The van der Waals surface area contributed by atoms with Crippen molar-refractivity contribution in [2.75, 3.05) is 5.75 Å². The van der Waals surface area contributed by atoms with E-state index in [-0.39, 0.29) is 11.6 Å². The molecule has 0 fully saturated rings. The number of fused-ring (bicyclic) bond motifs is 1. The Labute approximate surface area is 132 Å². The van der Waals surface area contributed by atoms with E-state index in [0.717, 1.165) is 5.69 Å². The van der Waals surface area contributed by atoms with Crippen LogP contribution >= 0.6 is 11.8 Å². The summed E-state index contributed by atoms with van der Waals surface area (Å²) in [4.78, 5) is 33.7. The minimum Gasteiger partial charge on any atom is -0.289 e. The van der Waals surface area contributed by atoms with E-state index in [9.17, 15) is 9.59 Å². The first-order valence-electron chi connectivity index (χ1n) is 6.95. The van der Waals surface area contributed by atoms with Gasteiger partial charge in [-0.3, -0.25) is 19.6 Å². The number of carbonyl (C=O) groups is 2. The van der Waals surface area contributed by atoms with E-state index in [1.54, 1.807) is 49.8 Å². The maximum atomic E-state index is 12.6. The van der Waals surface area contributed by atoms with E-state index in [1.165, 1.54) is 11.8 Å². The maximum Gasteiger partial charge on any atom is 0.200 e. The van der Waals surface area contributed by atoms with Crippen molar-refractivity contribution in [3.63, 3.8) is 0 Å². The van der Waals surface area contributed by atoms with Crippen molar-refractivity contribution in [2.24, 2.45) is 0 Å². The predicted molar refractivity (Wildman–Crippen MR) is 86.0 cm³/mol. The molecular formula is C17H14N2O2S. The molecule has 1 aromatic heterocycles. The summed E-state index contributed by atoms with van der Waals surface area (Å²) in [6, 6.07) is 6.99. The number of allylic oxidation sites excluding steroid dienone is 2. The van der Waals surface area contributed by atoms with Crippen LogP contribution < -0.4 is 0 Å². The number of Topliss-reactive ketones (excluding diaryl/α,β-unsaturated/α-hetero) is 2. The monoisotopic (exact) mass is 310 g/mol. The van der Waals surface area contributed by atoms with Crippen molar-refractivity contribution in [3.05, 3.63) is 70.2 Å². The summed E-state index contributed by atoms with van der Waals surface area (Å²) >= 11 is 1.42. The van der Waals surface area contributed by atoms with Crippen LogP contribution in [0.4, 0.5) is 0 Å². The fourth-order valence-electron chi connectivity index (χ4n) is 2.37. The number of ketones is 2. The van der Waals surface area contributed by atoms with Gasteiger partial charge in [-0.25, -0.2) is 0 Å². The van der Waals surface area contributed by atoms with Gasteiger partial charge in [-0.15, -0.1) is 11.8 Å². The van der Waals surface area contributed by atoms with E-state index < -0.39 is 0 Å². The highest BCUT2D eigenvalue weighted by atomic mass is 32.2. The van der Waals surface area contributed by atoms with Crippen molar-refractivity contribution in [3.8, 4) is 0 Å². The summed E-state index contributed by atoms with van der Waals surface area (Å²) in [6.07, 6.45) is 5.70. The summed E-state index contributed by atoms with van der Waals surface area (Å²) in [5.41, 5.74) is 2.42. The quantitative estimate of drug-likeness (QED) is 0.868. The average Bonchev–Trinajstić information content (AvgIpc) is 2.57. The Balaban J connectivity index is 1.77. The molecule has 0 bridgehead atoms. The lowest BCUT2D eigenvalue weighted by Crippen LogP contribution is -2.19. The second-order valence-corrected chi connectivity index (χ2v) is 6.06. The third kappa shape index (κ3) is 2.72. The molecule has 1 aliphatic rings. The second kappa shape index (κ2) is 6.23. The van der Waals surface area contributed by atoms with Gasteiger partial charge in [-0.1, -0.05) is 24.3 Å². The highest BCUT2D eigenvalue weighted by Gasteiger charge is 2.29. The summed E-state index contributed by atoms with van der Waals surface area (Å²) in [6.45, 7) is 1.72. The first-order valence-corrected chi connectivity index (χ1v) is 7.94. The Morgan fingerprint density at radius 2 is 1.77 bits per heavy atom. The van der Waals surface area contributed by atoms with E-state index in [1.807, 2.05) is 0 Å². The number of aromatic nitrogens is 2. The van der Waals surface area contributed by atoms with E-state index in [0.29, 0.717) is 33.8 Å². The van der Waals surface area contributed by atoms with Crippen molar-refractivity contribution in [1.29, 1.82) is 0 Å². The molecule has 110 valence electrons.